The quantitative estimate of drug-likeness (QED) is 0.453. The molecule has 0 aliphatic carbocycles. The molecular weight excluding hydrogens is 322 g/mol. The SMILES string of the molecule is C=CC(=O)Oc1cc(Br)ccc1OCCN1CCCC1. The van der Waals surface area contributed by atoms with Crippen LogP contribution in [0, 0.1) is 0 Å². The van der Waals surface area contributed by atoms with E-state index in [1.54, 1.807) is 12.1 Å². The zero-order valence-electron chi connectivity index (χ0n) is 11.3. The minimum Gasteiger partial charge on any atom is -0.488 e. The molecule has 1 aliphatic rings. The van der Waals surface area contributed by atoms with E-state index < -0.39 is 5.97 Å². The van der Waals surface area contributed by atoms with Gasteiger partial charge < -0.3 is 9.47 Å². The predicted molar refractivity (Wildman–Crippen MR) is 81.1 cm³/mol. The van der Waals surface area contributed by atoms with Crippen LogP contribution in [-0.2, 0) is 4.79 Å². The van der Waals surface area contributed by atoms with Crippen molar-refractivity contribution in [1.82, 2.24) is 4.90 Å². The van der Waals surface area contributed by atoms with Gasteiger partial charge in [-0.05, 0) is 44.1 Å². The lowest BCUT2D eigenvalue weighted by atomic mass is 10.3. The number of likely N-dealkylation sites (tertiary alicyclic amines) is 1. The molecule has 0 radical (unpaired) electrons. The van der Waals surface area contributed by atoms with Crippen molar-refractivity contribution in [3.05, 3.63) is 35.3 Å². The van der Waals surface area contributed by atoms with E-state index in [2.05, 4.69) is 27.4 Å². The number of carbonyl (C=O) groups is 1. The van der Waals surface area contributed by atoms with Crippen LogP contribution in [0.4, 0.5) is 0 Å². The number of hydrogen-bond acceptors (Lipinski definition) is 4. The van der Waals surface area contributed by atoms with Gasteiger partial charge in [-0.15, -0.1) is 0 Å². The second-order valence-corrected chi connectivity index (χ2v) is 5.53. The third-order valence-electron chi connectivity index (χ3n) is 3.15. The van der Waals surface area contributed by atoms with Crippen molar-refractivity contribution in [2.75, 3.05) is 26.2 Å². The van der Waals surface area contributed by atoms with Gasteiger partial charge in [0.1, 0.15) is 6.61 Å². The van der Waals surface area contributed by atoms with Gasteiger partial charge in [-0.25, -0.2) is 4.79 Å². The van der Waals surface area contributed by atoms with E-state index in [0.717, 1.165) is 30.2 Å². The Balaban J connectivity index is 1.94. The van der Waals surface area contributed by atoms with Gasteiger partial charge in [0, 0.05) is 17.1 Å². The normalized spacial score (nSPS) is 15.1. The van der Waals surface area contributed by atoms with E-state index >= 15 is 0 Å². The van der Waals surface area contributed by atoms with Crippen LogP contribution in [-0.4, -0.2) is 37.1 Å². The Hall–Kier alpha value is -1.33. The summed E-state index contributed by atoms with van der Waals surface area (Å²) in [6, 6.07) is 5.36. The molecule has 0 bridgehead atoms. The summed E-state index contributed by atoms with van der Waals surface area (Å²) < 4.78 is 11.7. The van der Waals surface area contributed by atoms with Crippen LogP contribution in [0.5, 0.6) is 11.5 Å². The van der Waals surface area contributed by atoms with Crippen molar-refractivity contribution in [1.29, 1.82) is 0 Å². The zero-order valence-corrected chi connectivity index (χ0v) is 12.9. The van der Waals surface area contributed by atoms with Crippen LogP contribution in [0.25, 0.3) is 0 Å². The molecular formula is C15H18BrNO3. The molecule has 0 N–H and O–H groups in total. The molecule has 1 aliphatic heterocycles. The molecule has 1 saturated heterocycles. The average Bonchev–Trinajstić information content (AvgIpc) is 2.94. The summed E-state index contributed by atoms with van der Waals surface area (Å²) in [7, 11) is 0. The Kier molecular flexibility index (Phi) is 5.61. The van der Waals surface area contributed by atoms with Crippen LogP contribution in [0.15, 0.2) is 35.3 Å². The first kappa shape index (κ1) is 15.1. The molecule has 4 nitrogen and oxygen atoms in total. The van der Waals surface area contributed by atoms with Gasteiger partial charge in [0.15, 0.2) is 11.5 Å². The third kappa shape index (κ3) is 4.35. The van der Waals surface area contributed by atoms with Crippen molar-refractivity contribution >= 4 is 21.9 Å². The summed E-state index contributed by atoms with van der Waals surface area (Å²) in [6.07, 6.45) is 3.66. The first-order chi connectivity index (χ1) is 9.69. The molecule has 0 unspecified atom stereocenters. The van der Waals surface area contributed by atoms with E-state index in [0.29, 0.717) is 18.1 Å². The van der Waals surface area contributed by atoms with Crippen LogP contribution >= 0.6 is 15.9 Å². The Morgan fingerprint density at radius 1 is 1.35 bits per heavy atom. The lowest BCUT2D eigenvalue weighted by Crippen LogP contribution is -2.25. The number of ether oxygens (including phenoxy) is 2. The fourth-order valence-electron chi connectivity index (χ4n) is 2.12. The summed E-state index contributed by atoms with van der Waals surface area (Å²) in [5.41, 5.74) is 0. The largest absolute Gasteiger partial charge is 0.488 e. The van der Waals surface area contributed by atoms with Gasteiger partial charge in [0.05, 0.1) is 0 Å². The lowest BCUT2D eigenvalue weighted by Gasteiger charge is -2.16. The lowest BCUT2D eigenvalue weighted by molar-refractivity contribution is -0.129. The number of halogens is 1. The molecule has 2 rings (SSSR count). The minimum absolute atomic E-state index is 0.408. The third-order valence-corrected chi connectivity index (χ3v) is 3.64. The van der Waals surface area contributed by atoms with Crippen molar-refractivity contribution in [2.45, 2.75) is 12.8 Å². The smallest absolute Gasteiger partial charge is 0.335 e. The van der Waals surface area contributed by atoms with Crippen molar-refractivity contribution < 1.29 is 14.3 Å². The first-order valence-corrected chi connectivity index (χ1v) is 7.47. The first-order valence-electron chi connectivity index (χ1n) is 6.68. The van der Waals surface area contributed by atoms with Gasteiger partial charge >= 0.3 is 5.97 Å². The Morgan fingerprint density at radius 3 is 2.80 bits per heavy atom. The highest BCUT2D eigenvalue weighted by atomic mass is 79.9. The van der Waals surface area contributed by atoms with Crippen LogP contribution in [0.3, 0.4) is 0 Å². The highest BCUT2D eigenvalue weighted by Gasteiger charge is 2.13. The van der Waals surface area contributed by atoms with E-state index in [9.17, 15) is 4.79 Å². The predicted octanol–water partition coefficient (Wildman–Crippen LogP) is 3.02. The van der Waals surface area contributed by atoms with Crippen LogP contribution < -0.4 is 9.47 Å². The van der Waals surface area contributed by atoms with Crippen molar-refractivity contribution in [3.63, 3.8) is 0 Å². The molecule has 0 aromatic heterocycles. The molecule has 1 aromatic carbocycles. The Labute approximate surface area is 127 Å². The molecule has 108 valence electrons. The van der Waals surface area contributed by atoms with E-state index in [-0.39, 0.29) is 0 Å². The molecule has 0 amide bonds. The standard InChI is InChI=1S/C15H18BrNO3/c1-2-15(18)20-14-11-12(16)5-6-13(14)19-10-9-17-7-3-4-8-17/h2,5-6,11H,1,3-4,7-10H2. The number of nitrogens with zero attached hydrogens (tertiary/aromatic N) is 1. The van der Waals surface area contributed by atoms with Crippen molar-refractivity contribution in [3.8, 4) is 11.5 Å². The van der Waals surface area contributed by atoms with E-state index in [1.165, 1.54) is 12.8 Å². The molecule has 1 aromatic rings. The van der Waals surface area contributed by atoms with Gasteiger partial charge in [-0.3, -0.25) is 4.90 Å². The molecule has 1 fully saturated rings. The average molecular weight is 340 g/mol. The molecule has 0 saturated carbocycles. The topological polar surface area (TPSA) is 38.8 Å². The van der Waals surface area contributed by atoms with Gasteiger partial charge in [-0.2, -0.15) is 0 Å². The maximum atomic E-state index is 11.3. The van der Waals surface area contributed by atoms with Crippen LogP contribution in [0.1, 0.15) is 12.8 Å². The fraction of sp³-hybridized carbons (Fsp3) is 0.400. The van der Waals surface area contributed by atoms with E-state index in [4.69, 9.17) is 9.47 Å². The molecule has 0 atom stereocenters. The number of rotatable bonds is 6. The molecule has 0 spiro atoms. The summed E-state index contributed by atoms with van der Waals surface area (Å²) in [6.45, 7) is 7.15. The summed E-state index contributed by atoms with van der Waals surface area (Å²) in [5, 5.41) is 0. The van der Waals surface area contributed by atoms with Crippen LogP contribution in [0.2, 0.25) is 0 Å². The van der Waals surface area contributed by atoms with Crippen molar-refractivity contribution in [2.24, 2.45) is 0 Å². The summed E-state index contributed by atoms with van der Waals surface area (Å²) >= 11 is 3.35. The molecule has 5 heteroatoms. The fourth-order valence-corrected chi connectivity index (χ4v) is 2.46. The monoisotopic (exact) mass is 339 g/mol. The van der Waals surface area contributed by atoms with Gasteiger partial charge in [0.25, 0.3) is 0 Å². The van der Waals surface area contributed by atoms with E-state index in [1.807, 2.05) is 6.07 Å². The zero-order chi connectivity index (χ0) is 14.4. The van der Waals surface area contributed by atoms with Gasteiger partial charge in [0.2, 0.25) is 0 Å². The van der Waals surface area contributed by atoms with Gasteiger partial charge in [-0.1, -0.05) is 22.5 Å². The minimum atomic E-state index is -0.493. The number of hydrogen-bond donors (Lipinski definition) is 0. The number of benzene rings is 1. The second-order valence-electron chi connectivity index (χ2n) is 4.61. The number of esters is 1. The highest BCUT2D eigenvalue weighted by Crippen LogP contribution is 2.30. The Bertz CT molecular complexity index is 484. The Morgan fingerprint density at radius 2 is 2.10 bits per heavy atom. The summed E-state index contributed by atoms with van der Waals surface area (Å²) in [5.74, 6) is 0.487. The highest BCUT2D eigenvalue weighted by molar-refractivity contribution is 9.10. The number of carbonyl (C=O) groups excluding carboxylic acids is 1. The second kappa shape index (κ2) is 7.45. The summed E-state index contributed by atoms with van der Waals surface area (Å²) in [4.78, 5) is 13.7. The molecule has 1 heterocycles. The molecule has 20 heavy (non-hydrogen) atoms. The maximum absolute atomic E-state index is 11.3. The maximum Gasteiger partial charge on any atom is 0.335 e.